The molecular weight excluding hydrogens is 321 g/mol. The minimum absolute atomic E-state index is 0.210. The Morgan fingerprint density at radius 3 is 2.64 bits per heavy atom. The molecule has 0 spiro atoms. The Bertz CT molecular complexity index is 826. The van der Waals surface area contributed by atoms with Gasteiger partial charge in [0.15, 0.2) is 5.82 Å². The van der Waals surface area contributed by atoms with Crippen molar-refractivity contribution >= 4 is 17.5 Å². The molecule has 1 aromatic heterocycles. The van der Waals surface area contributed by atoms with Crippen LogP contribution >= 0.6 is 0 Å². The second kappa shape index (κ2) is 8.05. The lowest BCUT2D eigenvalue weighted by atomic mass is 10.1. The quantitative estimate of drug-likeness (QED) is 0.687. The summed E-state index contributed by atoms with van der Waals surface area (Å²) in [7, 11) is 1.62. The zero-order valence-corrected chi connectivity index (χ0v) is 13.7. The average molecular weight is 339 g/mol. The minimum atomic E-state index is -0.210. The van der Waals surface area contributed by atoms with Crippen molar-refractivity contribution in [3.63, 3.8) is 0 Å². The molecule has 25 heavy (non-hydrogen) atoms. The van der Waals surface area contributed by atoms with Gasteiger partial charge in [0.1, 0.15) is 11.6 Å². The maximum absolute atomic E-state index is 13.6. The first-order chi connectivity index (χ1) is 12.2. The molecule has 0 atom stereocenters. The van der Waals surface area contributed by atoms with E-state index < -0.39 is 0 Å². The van der Waals surface area contributed by atoms with E-state index in [4.69, 9.17) is 4.74 Å². The molecule has 0 bridgehead atoms. The molecule has 7 heteroatoms. The molecule has 2 aromatic carbocycles. The molecule has 0 aliphatic carbocycles. The van der Waals surface area contributed by atoms with Crippen LogP contribution in [-0.4, -0.2) is 28.8 Å². The standard InChI is InChI=1S/C18H18FN5O/c1-25-15-8-6-14(7-9-15)22-17-12-21-24-18(23-17)20-11-10-13-4-2-3-5-16(13)19/h2-9,12H,10-11H2,1H3,(H2,20,22,23,24). The summed E-state index contributed by atoms with van der Waals surface area (Å²) in [6.45, 7) is 0.509. The molecule has 3 aromatic rings. The van der Waals surface area contributed by atoms with Crippen LogP contribution in [0.3, 0.4) is 0 Å². The molecule has 1 heterocycles. The highest BCUT2D eigenvalue weighted by molar-refractivity contribution is 5.57. The van der Waals surface area contributed by atoms with Gasteiger partial charge < -0.3 is 15.4 Å². The molecule has 0 aliphatic rings. The number of ether oxygens (including phenoxy) is 1. The molecule has 0 aliphatic heterocycles. The van der Waals surface area contributed by atoms with E-state index in [0.717, 1.165) is 11.4 Å². The smallest absolute Gasteiger partial charge is 0.244 e. The fraction of sp³-hybridized carbons (Fsp3) is 0.167. The van der Waals surface area contributed by atoms with Crippen LogP contribution in [0.25, 0.3) is 0 Å². The number of rotatable bonds is 7. The summed E-state index contributed by atoms with van der Waals surface area (Å²) >= 11 is 0. The first kappa shape index (κ1) is 16.6. The van der Waals surface area contributed by atoms with Crippen LogP contribution in [0.15, 0.2) is 54.7 Å². The van der Waals surface area contributed by atoms with Crippen LogP contribution in [0.2, 0.25) is 0 Å². The summed E-state index contributed by atoms with van der Waals surface area (Å²) in [4.78, 5) is 4.34. The van der Waals surface area contributed by atoms with Gasteiger partial charge in [0, 0.05) is 12.2 Å². The Kier molecular flexibility index (Phi) is 5.36. The third kappa shape index (κ3) is 4.63. The minimum Gasteiger partial charge on any atom is -0.497 e. The Morgan fingerprint density at radius 2 is 1.88 bits per heavy atom. The Hall–Kier alpha value is -3.22. The van der Waals surface area contributed by atoms with Crippen LogP contribution in [0.1, 0.15) is 5.56 Å². The highest BCUT2D eigenvalue weighted by atomic mass is 19.1. The number of nitrogens with zero attached hydrogens (tertiary/aromatic N) is 3. The largest absolute Gasteiger partial charge is 0.497 e. The SMILES string of the molecule is COc1ccc(Nc2cnnc(NCCc3ccccc3F)n2)cc1. The van der Waals surface area contributed by atoms with Gasteiger partial charge >= 0.3 is 0 Å². The van der Waals surface area contributed by atoms with Crippen LogP contribution in [-0.2, 0) is 6.42 Å². The molecule has 128 valence electrons. The fourth-order valence-corrected chi connectivity index (χ4v) is 2.27. The van der Waals surface area contributed by atoms with E-state index in [-0.39, 0.29) is 5.82 Å². The number of hydrogen-bond donors (Lipinski definition) is 2. The molecule has 0 saturated carbocycles. The van der Waals surface area contributed by atoms with Crippen molar-refractivity contribution in [1.29, 1.82) is 0 Å². The number of anilines is 3. The fourth-order valence-electron chi connectivity index (χ4n) is 2.27. The summed E-state index contributed by atoms with van der Waals surface area (Å²) in [5.41, 5.74) is 1.51. The number of aromatic nitrogens is 3. The molecule has 0 unspecified atom stereocenters. The van der Waals surface area contributed by atoms with Crippen molar-refractivity contribution < 1.29 is 9.13 Å². The normalized spacial score (nSPS) is 10.3. The van der Waals surface area contributed by atoms with E-state index >= 15 is 0 Å². The van der Waals surface area contributed by atoms with Crippen LogP contribution in [0, 0.1) is 5.82 Å². The van der Waals surface area contributed by atoms with Crippen molar-refractivity contribution in [2.24, 2.45) is 0 Å². The molecule has 0 fully saturated rings. The van der Waals surface area contributed by atoms with Crippen LogP contribution in [0.4, 0.5) is 21.8 Å². The van der Waals surface area contributed by atoms with Gasteiger partial charge in [-0.05, 0) is 42.3 Å². The summed E-state index contributed by atoms with van der Waals surface area (Å²) in [5.74, 6) is 1.52. The summed E-state index contributed by atoms with van der Waals surface area (Å²) in [6, 6.07) is 14.2. The molecule has 2 N–H and O–H groups in total. The first-order valence-electron chi connectivity index (χ1n) is 7.82. The molecule has 0 saturated heterocycles. The summed E-state index contributed by atoms with van der Waals surface area (Å²) in [5, 5.41) is 14.1. The first-order valence-corrected chi connectivity index (χ1v) is 7.82. The second-order valence-electron chi connectivity index (χ2n) is 5.29. The third-order valence-electron chi connectivity index (χ3n) is 3.56. The van der Waals surface area contributed by atoms with Gasteiger partial charge in [-0.25, -0.2) is 4.39 Å². The lowest BCUT2D eigenvalue weighted by molar-refractivity contribution is 0.415. The van der Waals surface area contributed by atoms with Crippen LogP contribution < -0.4 is 15.4 Å². The van der Waals surface area contributed by atoms with Crippen molar-refractivity contribution in [2.75, 3.05) is 24.3 Å². The molecular formula is C18H18FN5O. The van der Waals surface area contributed by atoms with Crippen molar-refractivity contribution in [3.8, 4) is 5.75 Å². The maximum Gasteiger partial charge on any atom is 0.244 e. The number of hydrogen-bond acceptors (Lipinski definition) is 6. The molecule has 0 amide bonds. The Labute approximate surface area is 145 Å². The van der Waals surface area contributed by atoms with Gasteiger partial charge in [-0.3, -0.25) is 0 Å². The molecule has 3 rings (SSSR count). The second-order valence-corrected chi connectivity index (χ2v) is 5.29. The zero-order valence-electron chi connectivity index (χ0n) is 13.7. The third-order valence-corrected chi connectivity index (χ3v) is 3.56. The predicted molar refractivity (Wildman–Crippen MR) is 94.7 cm³/mol. The summed E-state index contributed by atoms with van der Waals surface area (Å²) < 4.78 is 18.7. The maximum atomic E-state index is 13.6. The number of benzene rings is 2. The van der Waals surface area contributed by atoms with E-state index in [1.165, 1.54) is 12.3 Å². The highest BCUT2D eigenvalue weighted by Crippen LogP contribution is 2.18. The van der Waals surface area contributed by atoms with Gasteiger partial charge in [0.25, 0.3) is 0 Å². The molecule has 6 nitrogen and oxygen atoms in total. The van der Waals surface area contributed by atoms with Crippen molar-refractivity contribution in [2.45, 2.75) is 6.42 Å². The lowest BCUT2D eigenvalue weighted by Gasteiger charge is -2.08. The van der Waals surface area contributed by atoms with E-state index in [2.05, 4.69) is 25.8 Å². The van der Waals surface area contributed by atoms with Gasteiger partial charge in [0.05, 0.1) is 13.3 Å². The van der Waals surface area contributed by atoms with Crippen molar-refractivity contribution in [1.82, 2.24) is 15.2 Å². The van der Waals surface area contributed by atoms with E-state index in [1.807, 2.05) is 30.3 Å². The van der Waals surface area contributed by atoms with Crippen molar-refractivity contribution in [3.05, 3.63) is 66.1 Å². The van der Waals surface area contributed by atoms with Gasteiger partial charge in [-0.15, -0.1) is 5.10 Å². The number of halogens is 1. The van der Waals surface area contributed by atoms with Crippen LogP contribution in [0.5, 0.6) is 5.75 Å². The topological polar surface area (TPSA) is 72.0 Å². The van der Waals surface area contributed by atoms with Gasteiger partial charge in [-0.1, -0.05) is 18.2 Å². The molecule has 0 radical (unpaired) electrons. The van der Waals surface area contributed by atoms with Gasteiger partial charge in [-0.2, -0.15) is 10.1 Å². The zero-order chi connectivity index (χ0) is 17.5. The van der Waals surface area contributed by atoms with Gasteiger partial charge in [0.2, 0.25) is 5.95 Å². The monoisotopic (exact) mass is 339 g/mol. The highest BCUT2D eigenvalue weighted by Gasteiger charge is 2.03. The Morgan fingerprint density at radius 1 is 1.08 bits per heavy atom. The lowest BCUT2D eigenvalue weighted by Crippen LogP contribution is -2.10. The average Bonchev–Trinajstić information content (AvgIpc) is 2.64. The van der Waals surface area contributed by atoms with E-state index in [0.29, 0.717) is 30.3 Å². The Balaban J connectivity index is 1.58. The predicted octanol–water partition coefficient (Wildman–Crippen LogP) is 3.42. The number of nitrogens with one attached hydrogen (secondary N) is 2. The summed E-state index contributed by atoms with van der Waals surface area (Å²) in [6.07, 6.45) is 2.07. The van der Waals surface area contributed by atoms with E-state index in [1.54, 1.807) is 19.2 Å². The van der Waals surface area contributed by atoms with E-state index in [9.17, 15) is 4.39 Å². The number of methoxy groups -OCH3 is 1.